The molecular formula is C11H3ClF14N2OS. The number of carbonyl (C=O) groups is 1. The minimum atomic E-state index is -8.28. The molecule has 0 unspecified atom stereocenters. The van der Waals surface area contributed by atoms with E-state index in [1.165, 1.54) is 0 Å². The maximum absolute atomic E-state index is 13.5. The second-order valence-electron chi connectivity index (χ2n) is 5.24. The van der Waals surface area contributed by atoms with E-state index in [0.717, 1.165) is 16.9 Å². The lowest BCUT2D eigenvalue weighted by Gasteiger charge is -2.41. The normalized spacial score (nSPS) is 15.3. The molecule has 0 aliphatic rings. The van der Waals surface area contributed by atoms with Crippen LogP contribution in [-0.4, -0.2) is 51.8 Å². The molecule has 0 spiro atoms. The van der Waals surface area contributed by atoms with Gasteiger partial charge in [0.2, 0.25) is 0 Å². The Morgan fingerprint density at radius 1 is 0.767 bits per heavy atom. The standard InChI is InChI=1S/C11H3ClF14N2OS/c12-11(25,26)10(23,24)9(21,22)8(19,20)7(17,18)6(15,16)5(13,14)3(29)28-4-27-1-2-30-4/h1-2H,(H,27,28,29). The van der Waals surface area contributed by atoms with Gasteiger partial charge in [-0.1, -0.05) is 0 Å². The highest BCUT2D eigenvalue weighted by Gasteiger charge is 2.93. The van der Waals surface area contributed by atoms with Gasteiger partial charge in [-0.15, -0.1) is 11.3 Å². The zero-order valence-corrected chi connectivity index (χ0v) is 14.7. The number of thiazole rings is 1. The number of aromatic nitrogens is 1. The summed E-state index contributed by atoms with van der Waals surface area (Å²) in [7, 11) is 0. The van der Waals surface area contributed by atoms with Crippen molar-refractivity contribution in [2.24, 2.45) is 0 Å². The molecule has 0 atom stereocenters. The van der Waals surface area contributed by atoms with Gasteiger partial charge in [-0.3, -0.25) is 10.1 Å². The molecule has 0 bridgehead atoms. The SMILES string of the molecule is O=C(Nc1nccs1)C(F)(F)C(F)(F)C(F)(F)C(F)(F)C(F)(F)C(F)(F)C(F)(F)Cl. The minimum Gasteiger partial charge on any atom is -0.296 e. The van der Waals surface area contributed by atoms with E-state index in [0.29, 0.717) is 0 Å². The van der Waals surface area contributed by atoms with E-state index >= 15 is 0 Å². The highest BCUT2D eigenvalue weighted by atomic mass is 35.5. The van der Waals surface area contributed by atoms with E-state index in [2.05, 4.69) is 16.6 Å². The number of nitrogens with one attached hydrogen (secondary N) is 1. The fourth-order valence-electron chi connectivity index (χ4n) is 1.57. The van der Waals surface area contributed by atoms with Gasteiger partial charge >= 0.3 is 46.8 Å². The first kappa shape index (κ1) is 26.4. The summed E-state index contributed by atoms with van der Waals surface area (Å²) in [5, 5.41) is -5.99. The molecule has 1 N–H and O–H groups in total. The second-order valence-corrected chi connectivity index (χ2v) is 6.60. The first-order valence-corrected chi connectivity index (χ1v) is 7.80. The number of hydrogen-bond donors (Lipinski definition) is 1. The van der Waals surface area contributed by atoms with Gasteiger partial charge in [0.15, 0.2) is 5.13 Å². The molecule has 0 fully saturated rings. The molecule has 0 radical (unpaired) electrons. The van der Waals surface area contributed by atoms with Gasteiger partial charge in [0, 0.05) is 11.6 Å². The lowest BCUT2D eigenvalue weighted by atomic mass is 9.91. The summed E-state index contributed by atoms with van der Waals surface area (Å²) < 4.78 is 184. The highest BCUT2D eigenvalue weighted by molar-refractivity contribution is 7.13. The van der Waals surface area contributed by atoms with Crippen LogP contribution in [0.1, 0.15) is 0 Å². The first-order valence-electron chi connectivity index (χ1n) is 6.54. The molecule has 1 rings (SSSR count). The van der Waals surface area contributed by atoms with Crippen LogP contribution in [0.3, 0.4) is 0 Å². The van der Waals surface area contributed by atoms with Crippen molar-refractivity contribution < 1.29 is 66.3 Å². The predicted molar refractivity (Wildman–Crippen MR) is 71.2 cm³/mol. The quantitative estimate of drug-likeness (QED) is 0.357. The van der Waals surface area contributed by atoms with Gasteiger partial charge in [0.25, 0.3) is 0 Å². The Morgan fingerprint density at radius 3 is 1.53 bits per heavy atom. The summed E-state index contributed by atoms with van der Waals surface area (Å²) in [5.41, 5.74) is 0. The number of carbonyl (C=O) groups excluding carboxylic acids is 1. The van der Waals surface area contributed by atoms with E-state index in [-0.39, 0.29) is 11.3 Å². The smallest absolute Gasteiger partial charge is 0.296 e. The largest absolute Gasteiger partial charge is 0.393 e. The number of alkyl halides is 15. The molecule has 174 valence electrons. The van der Waals surface area contributed by atoms with E-state index in [1.807, 2.05) is 0 Å². The van der Waals surface area contributed by atoms with Gasteiger partial charge < -0.3 is 0 Å². The van der Waals surface area contributed by atoms with Crippen LogP contribution in [0.15, 0.2) is 11.6 Å². The summed E-state index contributed by atoms with van der Waals surface area (Å²) in [6.07, 6.45) is 0.758. The molecule has 1 aromatic heterocycles. The van der Waals surface area contributed by atoms with Crippen LogP contribution in [0.4, 0.5) is 66.6 Å². The van der Waals surface area contributed by atoms with Crippen LogP contribution in [0, 0.1) is 0 Å². The average molecular weight is 513 g/mol. The molecule has 0 saturated heterocycles. The van der Waals surface area contributed by atoms with Crippen molar-refractivity contribution in [2.75, 3.05) is 5.32 Å². The maximum Gasteiger partial charge on any atom is 0.393 e. The molecule has 1 aromatic rings. The summed E-state index contributed by atoms with van der Waals surface area (Å²) in [5.74, 6) is -50.5. The lowest BCUT2D eigenvalue weighted by molar-refractivity contribution is -0.431. The molecule has 30 heavy (non-hydrogen) atoms. The van der Waals surface area contributed by atoms with Crippen molar-refractivity contribution >= 4 is 34.0 Å². The lowest BCUT2D eigenvalue weighted by Crippen LogP contribution is -2.73. The van der Waals surface area contributed by atoms with Gasteiger partial charge in [-0.05, 0) is 11.6 Å². The van der Waals surface area contributed by atoms with Crippen molar-refractivity contribution in [3.05, 3.63) is 11.6 Å². The van der Waals surface area contributed by atoms with E-state index in [4.69, 9.17) is 0 Å². The van der Waals surface area contributed by atoms with Crippen LogP contribution in [0.25, 0.3) is 0 Å². The molecule has 1 amide bonds. The molecular weight excluding hydrogens is 510 g/mol. The van der Waals surface area contributed by atoms with Crippen molar-refractivity contribution in [2.45, 2.75) is 40.9 Å². The number of halogens is 15. The van der Waals surface area contributed by atoms with Crippen molar-refractivity contribution in [1.29, 1.82) is 0 Å². The van der Waals surface area contributed by atoms with Gasteiger partial charge in [0.1, 0.15) is 0 Å². The van der Waals surface area contributed by atoms with Gasteiger partial charge in [0.05, 0.1) is 0 Å². The Kier molecular flexibility index (Phi) is 6.38. The fraction of sp³-hybridized carbons (Fsp3) is 0.636. The number of hydrogen-bond acceptors (Lipinski definition) is 3. The Morgan fingerprint density at radius 2 is 1.17 bits per heavy atom. The molecule has 3 nitrogen and oxygen atoms in total. The molecule has 0 aliphatic heterocycles. The Bertz CT molecular complexity index is 775. The Hall–Kier alpha value is -1.59. The average Bonchev–Trinajstić information content (AvgIpc) is 3.05. The number of amides is 1. The zero-order valence-electron chi connectivity index (χ0n) is 13.1. The summed E-state index contributed by atoms with van der Waals surface area (Å²) in [4.78, 5) is 14.1. The van der Waals surface area contributed by atoms with Crippen LogP contribution in [0.5, 0.6) is 0 Å². The number of rotatable bonds is 8. The van der Waals surface area contributed by atoms with E-state index in [9.17, 15) is 66.3 Å². The summed E-state index contributed by atoms with van der Waals surface area (Å²) >= 11 is 3.68. The Balaban J connectivity index is 3.48. The predicted octanol–water partition coefficient (Wildman–Crippen LogP) is 5.73. The van der Waals surface area contributed by atoms with Crippen LogP contribution in [-0.2, 0) is 4.79 Å². The third-order valence-corrected chi connectivity index (χ3v) is 4.19. The van der Waals surface area contributed by atoms with E-state index < -0.39 is 52.0 Å². The minimum absolute atomic E-state index is 0.227. The highest BCUT2D eigenvalue weighted by Crippen LogP contribution is 2.62. The second kappa shape index (κ2) is 7.23. The van der Waals surface area contributed by atoms with Crippen LogP contribution >= 0.6 is 22.9 Å². The summed E-state index contributed by atoms with van der Waals surface area (Å²) in [6.45, 7) is 0. The van der Waals surface area contributed by atoms with Crippen LogP contribution < -0.4 is 5.32 Å². The molecule has 0 saturated carbocycles. The first-order chi connectivity index (χ1) is 13.0. The molecule has 19 heteroatoms. The fourth-order valence-corrected chi connectivity index (χ4v) is 2.21. The van der Waals surface area contributed by atoms with E-state index in [1.54, 1.807) is 0 Å². The molecule has 0 aromatic carbocycles. The number of anilines is 1. The van der Waals surface area contributed by atoms with Gasteiger partial charge in [-0.25, -0.2) is 4.98 Å². The van der Waals surface area contributed by atoms with Crippen LogP contribution in [0.2, 0.25) is 0 Å². The topological polar surface area (TPSA) is 42.0 Å². The zero-order chi connectivity index (χ0) is 24.2. The Labute approximate surface area is 164 Å². The molecule has 0 aliphatic carbocycles. The molecule has 1 heterocycles. The van der Waals surface area contributed by atoms with Gasteiger partial charge in [-0.2, -0.15) is 61.5 Å². The maximum atomic E-state index is 13.5. The van der Waals surface area contributed by atoms with Crippen molar-refractivity contribution in [1.82, 2.24) is 4.98 Å². The summed E-state index contributed by atoms with van der Waals surface area (Å²) in [6, 6.07) is 0. The van der Waals surface area contributed by atoms with Crippen molar-refractivity contribution in [3.63, 3.8) is 0 Å². The number of nitrogens with zero attached hydrogens (tertiary/aromatic N) is 1. The van der Waals surface area contributed by atoms with Crippen molar-refractivity contribution in [3.8, 4) is 0 Å². The third-order valence-electron chi connectivity index (χ3n) is 3.27. The monoisotopic (exact) mass is 512 g/mol. The third kappa shape index (κ3) is 3.54.